The molecule has 0 spiro atoms. The number of methoxy groups -OCH3 is 1. The summed E-state index contributed by atoms with van der Waals surface area (Å²) in [5, 5.41) is 14.0. The van der Waals surface area contributed by atoms with Gasteiger partial charge in [0.25, 0.3) is 5.69 Å². The van der Waals surface area contributed by atoms with Crippen LogP contribution in [0.3, 0.4) is 0 Å². The second-order valence-corrected chi connectivity index (χ2v) is 5.49. The van der Waals surface area contributed by atoms with E-state index < -0.39 is 22.2 Å². The van der Waals surface area contributed by atoms with Crippen LogP contribution in [-0.4, -0.2) is 30.5 Å². The molecule has 8 heteroatoms. The summed E-state index contributed by atoms with van der Waals surface area (Å²) < 4.78 is 4.46. The van der Waals surface area contributed by atoms with Crippen LogP contribution in [-0.2, 0) is 14.3 Å². The van der Waals surface area contributed by atoms with Gasteiger partial charge in [-0.3, -0.25) is 14.9 Å². The lowest BCUT2D eigenvalue weighted by atomic mass is 9.92. The van der Waals surface area contributed by atoms with Crippen LogP contribution in [0.1, 0.15) is 19.4 Å². The van der Waals surface area contributed by atoms with Crippen LogP contribution in [0, 0.1) is 15.5 Å². The average Bonchev–Trinajstić information content (AvgIpc) is 2.50. The summed E-state index contributed by atoms with van der Waals surface area (Å²) >= 11 is 0. The van der Waals surface area contributed by atoms with Crippen molar-refractivity contribution in [1.29, 1.82) is 0 Å². The third kappa shape index (κ3) is 5.10. The monoisotopic (exact) mass is 321 g/mol. The molecule has 8 nitrogen and oxygen atoms in total. The van der Waals surface area contributed by atoms with E-state index in [2.05, 4.69) is 10.1 Å². The van der Waals surface area contributed by atoms with E-state index in [0.29, 0.717) is 5.56 Å². The zero-order valence-electron chi connectivity index (χ0n) is 13.2. The van der Waals surface area contributed by atoms with Crippen LogP contribution in [0.25, 0.3) is 6.08 Å². The summed E-state index contributed by atoms with van der Waals surface area (Å²) in [5.41, 5.74) is 4.99. The van der Waals surface area contributed by atoms with Crippen molar-refractivity contribution in [3.63, 3.8) is 0 Å². The van der Waals surface area contributed by atoms with Crippen molar-refractivity contribution < 1.29 is 19.2 Å². The van der Waals surface area contributed by atoms with Crippen molar-refractivity contribution in [2.24, 2.45) is 11.1 Å². The van der Waals surface area contributed by atoms with Crippen molar-refractivity contribution in [3.05, 3.63) is 40.0 Å². The Morgan fingerprint density at radius 3 is 2.61 bits per heavy atom. The van der Waals surface area contributed by atoms with E-state index in [0.717, 1.165) is 0 Å². The number of anilines is 1. The van der Waals surface area contributed by atoms with Crippen molar-refractivity contribution in [2.75, 3.05) is 19.0 Å². The number of hydrogen-bond donors (Lipinski definition) is 2. The summed E-state index contributed by atoms with van der Waals surface area (Å²) in [5.74, 6) is -1.07. The molecule has 1 aromatic carbocycles. The Morgan fingerprint density at radius 1 is 1.43 bits per heavy atom. The van der Waals surface area contributed by atoms with Crippen LogP contribution in [0.5, 0.6) is 0 Å². The van der Waals surface area contributed by atoms with Gasteiger partial charge in [0.1, 0.15) is 5.69 Å². The van der Waals surface area contributed by atoms with Crippen molar-refractivity contribution >= 4 is 29.3 Å². The number of nitrogens with one attached hydrogen (secondary N) is 1. The van der Waals surface area contributed by atoms with Gasteiger partial charge in [0.05, 0.1) is 17.4 Å². The molecule has 0 bridgehead atoms. The molecule has 0 aliphatic heterocycles. The van der Waals surface area contributed by atoms with Gasteiger partial charge in [-0.1, -0.05) is 6.07 Å². The van der Waals surface area contributed by atoms with Crippen molar-refractivity contribution in [2.45, 2.75) is 13.8 Å². The third-order valence-corrected chi connectivity index (χ3v) is 3.22. The lowest BCUT2D eigenvalue weighted by molar-refractivity contribution is -0.384. The molecule has 1 aromatic rings. The molecule has 0 unspecified atom stereocenters. The predicted molar refractivity (Wildman–Crippen MR) is 85.6 cm³/mol. The molecule has 0 aliphatic rings. The first-order chi connectivity index (χ1) is 10.7. The highest BCUT2D eigenvalue weighted by atomic mass is 16.6. The minimum Gasteiger partial charge on any atom is -0.466 e. The first-order valence-corrected chi connectivity index (χ1v) is 6.75. The average molecular weight is 321 g/mol. The van der Waals surface area contributed by atoms with Gasteiger partial charge in [0, 0.05) is 18.7 Å². The van der Waals surface area contributed by atoms with Gasteiger partial charge in [-0.25, -0.2) is 4.79 Å². The molecule has 0 saturated heterocycles. The van der Waals surface area contributed by atoms with Crippen LogP contribution < -0.4 is 11.1 Å². The Balaban J connectivity index is 3.01. The number of nitro groups is 1. The Hall–Kier alpha value is -2.90. The molecule has 0 heterocycles. The molecule has 0 aliphatic carbocycles. The topological polar surface area (TPSA) is 125 Å². The quantitative estimate of drug-likeness (QED) is 0.341. The summed E-state index contributed by atoms with van der Waals surface area (Å²) in [4.78, 5) is 33.0. The highest BCUT2D eigenvalue weighted by Crippen LogP contribution is 2.27. The van der Waals surface area contributed by atoms with Gasteiger partial charge in [0.2, 0.25) is 5.91 Å². The van der Waals surface area contributed by atoms with Crippen LogP contribution in [0.4, 0.5) is 11.4 Å². The number of nitrogens with zero attached hydrogens (tertiary/aromatic N) is 1. The number of ether oxygens (including phenoxy) is 1. The number of rotatable bonds is 7. The number of hydrogen-bond acceptors (Lipinski definition) is 6. The van der Waals surface area contributed by atoms with E-state index in [4.69, 9.17) is 5.73 Å². The molecule has 1 amide bonds. The highest BCUT2D eigenvalue weighted by molar-refractivity contribution is 5.87. The summed E-state index contributed by atoms with van der Waals surface area (Å²) in [7, 11) is 1.24. The number of nitro benzene ring substituents is 1. The summed E-state index contributed by atoms with van der Waals surface area (Å²) in [6.45, 7) is 3.43. The fraction of sp³-hybridized carbons (Fsp3) is 0.333. The highest BCUT2D eigenvalue weighted by Gasteiger charge is 2.26. The number of esters is 1. The second-order valence-electron chi connectivity index (χ2n) is 5.49. The van der Waals surface area contributed by atoms with Gasteiger partial charge >= 0.3 is 5.97 Å². The second kappa shape index (κ2) is 7.39. The Labute approximate surface area is 133 Å². The number of carbonyl (C=O) groups excluding carboxylic acids is 2. The van der Waals surface area contributed by atoms with E-state index >= 15 is 0 Å². The molecule has 0 saturated carbocycles. The predicted octanol–water partition coefficient (Wildman–Crippen LogP) is 1.70. The first kappa shape index (κ1) is 18.1. The number of carbonyl (C=O) groups is 2. The zero-order valence-corrected chi connectivity index (χ0v) is 13.2. The summed E-state index contributed by atoms with van der Waals surface area (Å²) in [6, 6.07) is 4.43. The zero-order chi connectivity index (χ0) is 17.6. The van der Waals surface area contributed by atoms with Crippen LogP contribution in [0.15, 0.2) is 24.3 Å². The molecular weight excluding hydrogens is 302 g/mol. The van der Waals surface area contributed by atoms with E-state index in [-0.39, 0.29) is 17.9 Å². The SMILES string of the molecule is COC(=O)C=Cc1ccc(NCC(C)(C)C(N)=O)c([N+](=O)[O-])c1. The Bertz CT molecular complexity index is 653. The lowest BCUT2D eigenvalue weighted by Gasteiger charge is -2.21. The molecule has 0 atom stereocenters. The van der Waals surface area contributed by atoms with Gasteiger partial charge in [-0.2, -0.15) is 0 Å². The van der Waals surface area contributed by atoms with E-state index in [1.807, 2.05) is 0 Å². The normalized spacial score (nSPS) is 11.3. The molecule has 0 fully saturated rings. The molecular formula is C15H19N3O5. The standard InChI is InChI=1S/C15H19N3O5/c1-15(2,14(16)20)9-17-11-6-4-10(5-7-13(19)23-3)8-12(11)18(21)22/h4-8,17H,9H2,1-3H3,(H2,16,20). The molecule has 0 aromatic heterocycles. The lowest BCUT2D eigenvalue weighted by Crippen LogP contribution is -2.37. The Kier molecular flexibility index (Phi) is 5.83. The van der Waals surface area contributed by atoms with Crippen LogP contribution >= 0.6 is 0 Å². The minimum atomic E-state index is -0.850. The molecule has 3 N–H and O–H groups in total. The molecule has 23 heavy (non-hydrogen) atoms. The number of benzene rings is 1. The maximum atomic E-state index is 11.3. The fourth-order valence-electron chi connectivity index (χ4n) is 1.59. The van der Waals surface area contributed by atoms with Crippen molar-refractivity contribution in [1.82, 2.24) is 0 Å². The van der Waals surface area contributed by atoms with Gasteiger partial charge in [0.15, 0.2) is 0 Å². The van der Waals surface area contributed by atoms with E-state index in [1.54, 1.807) is 19.9 Å². The van der Waals surface area contributed by atoms with Gasteiger partial charge in [-0.05, 0) is 31.6 Å². The summed E-state index contributed by atoms with van der Waals surface area (Å²) in [6.07, 6.45) is 2.58. The van der Waals surface area contributed by atoms with Crippen molar-refractivity contribution in [3.8, 4) is 0 Å². The fourth-order valence-corrected chi connectivity index (χ4v) is 1.59. The number of nitrogens with two attached hydrogens (primary N) is 1. The first-order valence-electron chi connectivity index (χ1n) is 6.75. The molecule has 1 rings (SSSR count). The largest absolute Gasteiger partial charge is 0.466 e. The van der Waals surface area contributed by atoms with Crippen LogP contribution in [0.2, 0.25) is 0 Å². The number of amides is 1. The minimum absolute atomic E-state index is 0.153. The number of primary amides is 1. The Morgan fingerprint density at radius 2 is 2.09 bits per heavy atom. The maximum absolute atomic E-state index is 11.3. The molecule has 124 valence electrons. The van der Waals surface area contributed by atoms with E-state index in [9.17, 15) is 19.7 Å². The van der Waals surface area contributed by atoms with Gasteiger partial charge < -0.3 is 15.8 Å². The smallest absolute Gasteiger partial charge is 0.330 e. The molecule has 0 radical (unpaired) electrons. The maximum Gasteiger partial charge on any atom is 0.330 e. The third-order valence-electron chi connectivity index (χ3n) is 3.22. The van der Waals surface area contributed by atoms with E-state index in [1.165, 1.54) is 31.4 Å². The van der Waals surface area contributed by atoms with Gasteiger partial charge in [-0.15, -0.1) is 0 Å².